The Kier molecular flexibility index (Phi) is 18.3. The third-order valence-electron chi connectivity index (χ3n) is 6.48. The highest BCUT2D eigenvalue weighted by Gasteiger charge is 2.54. The number of ether oxygens (including phenoxy) is 4. The number of allylic oxidation sites excluding steroid dienone is 5. The number of hydrogen-bond acceptors (Lipinski definition) is 7. The fourth-order valence-electron chi connectivity index (χ4n) is 3.89. The minimum absolute atomic E-state index is 0.00918. The summed E-state index contributed by atoms with van der Waals surface area (Å²) < 4.78 is 35.8. The van der Waals surface area contributed by atoms with Crippen LogP contribution in [0.15, 0.2) is 48.3 Å². The van der Waals surface area contributed by atoms with Crippen LogP contribution >= 0.6 is 15.7 Å². The highest BCUT2D eigenvalue weighted by Crippen LogP contribution is 2.86. The van der Waals surface area contributed by atoms with Gasteiger partial charge >= 0.3 is 0 Å². The number of rotatable bonds is 13. The predicted octanol–water partition coefficient (Wildman–Crippen LogP) is 9.30. The van der Waals surface area contributed by atoms with Gasteiger partial charge in [0, 0.05) is 16.9 Å². The zero-order valence-electron chi connectivity index (χ0n) is 26.2. The molecule has 3 aliphatic heterocycles. The van der Waals surface area contributed by atoms with Crippen LogP contribution in [0.3, 0.4) is 0 Å². The van der Waals surface area contributed by atoms with Gasteiger partial charge in [-0.1, -0.05) is 66.5 Å². The topological polar surface area (TPSA) is 75.6 Å². The molecule has 0 amide bonds. The molecule has 0 radical (unpaired) electrons. The largest absolute Gasteiger partial charge is 0.479 e. The zero-order valence-corrected chi connectivity index (χ0v) is 28.1. The maximum absolute atomic E-state index is 10.7. The molecule has 0 spiro atoms. The molecule has 9 heteroatoms. The molecule has 3 rings (SSSR count). The summed E-state index contributed by atoms with van der Waals surface area (Å²) >= 11 is 0. The first kappa shape index (κ1) is 37.4. The molecular weight excluding hydrogens is 546 g/mol. The van der Waals surface area contributed by atoms with E-state index in [0.717, 1.165) is 31.0 Å². The van der Waals surface area contributed by atoms with E-state index in [2.05, 4.69) is 54.7 Å². The maximum atomic E-state index is 10.7. The number of hydrogen-bond donors (Lipinski definition) is 1. The number of aliphatic hydroxyl groups excluding tert-OH is 1. The highest BCUT2D eigenvalue weighted by molar-refractivity contribution is 8.31. The number of aliphatic hydroxyl groups is 1. The summed E-state index contributed by atoms with van der Waals surface area (Å²) in [4.78, 5) is 0. The van der Waals surface area contributed by atoms with Crippen molar-refractivity contribution >= 4 is 15.7 Å². The van der Waals surface area contributed by atoms with Gasteiger partial charge in [-0.2, -0.15) is 0 Å². The van der Waals surface area contributed by atoms with E-state index in [0.29, 0.717) is 39.6 Å². The van der Waals surface area contributed by atoms with E-state index >= 15 is 0 Å². The lowest BCUT2D eigenvalue weighted by molar-refractivity contribution is -0.233. The summed E-state index contributed by atoms with van der Waals surface area (Å²) in [7, 11) is -2.40. The van der Waals surface area contributed by atoms with E-state index in [-0.39, 0.29) is 37.4 Å². The van der Waals surface area contributed by atoms with Crippen LogP contribution in [0.1, 0.15) is 87.0 Å². The molecule has 0 aromatic rings. The minimum Gasteiger partial charge on any atom is -0.479 e. The minimum atomic E-state index is -2.41. The lowest BCUT2D eigenvalue weighted by atomic mass is 9.93. The highest BCUT2D eigenvalue weighted by atomic mass is 32.1. The van der Waals surface area contributed by atoms with Gasteiger partial charge in [-0.3, -0.25) is 0 Å². The Morgan fingerprint density at radius 1 is 0.875 bits per heavy atom. The van der Waals surface area contributed by atoms with Crippen LogP contribution in [0.25, 0.3) is 0 Å². The standard InChI is InChI=1S/C21H36O7P2.2C5H10/c1-16-8-9-17(22)30(16,28-15-21(4,5)19-25-12-7-13-26-19)29-27-14-20(2,3)18-23-10-6-11-24-18;2*1-3-5-4-2/h8-9,18-19,29H,6-7,10-15H2,1-5H3;2*3H,1,4-5H2,2H3/p+1. The number of unbranched alkanes of at least 4 members (excludes halogenated alkanes) is 2. The van der Waals surface area contributed by atoms with E-state index in [9.17, 15) is 5.11 Å². The van der Waals surface area contributed by atoms with Crippen LogP contribution in [0, 0.1) is 10.8 Å². The Hall–Kier alpha value is -0.620. The molecule has 2 fully saturated rings. The lowest BCUT2D eigenvalue weighted by Crippen LogP contribution is -2.41. The molecule has 1 N–H and O–H groups in total. The average Bonchev–Trinajstić information content (AvgIpc) is 3.23. The fraction of sp³-hybridized carbons (Fsp3) is 0.742. The molecule has 2 atom stereocenters. The van der Waals surface area contributed by atoms with Crippen LogP contribution in [0.5, 0.6) is 0 Å². The van der Waals surface area contributed by atoms with Crippen molar-refractivity contribution in [2.75, 3.05) is 39.6 Å². The van der Waals surface area contributed by atoms with Crippen molar-refractivity contribution in [3.8, 4) is 0 Å². The summed E-state index contributed by atoms with van der Waals surface area (Å²) in [5, 5.41) is 11.8. The van der Waals surface area contributed by atoms with Crippen molar-refractivity contribution < 1.29 is 33.1 Å². The molecule has 3 aliphatic rings. The summed E-state index contributed by atoms with van der Waals surface area (Å²) in [6.07, 6.45) is 13.5. The quantitative estimate of drug-likeness (QED) is 0.166. The summed E-state index contributed by atoms with van der Waals surface area (Å²) in [5.74, 6) is 0. The predicted molar refractivity (Wildman–Crippen MR) is 170 cm³/mol. The molecular formula is C31H57O7P2+. The van der Waals surface area contributed by atoms with E-state index in [4.69, 9.17) is 28.0 Å². The Bertz CT molecular complexity index is 755. The van der Waals surface area contributed by atoms with Gasteiger partial charge in [0.25, 0.3) is 12.7 Å². The molecule has 232 valence electrons. The molecule has 0 bridgehead atoms. The molecule has 7 nitrogen and oxygen atoms in total. The third kappa shape index (κ3) is 12.3. The van der Waals surface area contributed by atoms with E-state index in [1.807, 2.05) is 25.2 Å². The van der Waals surface area contributed by atoms with Gasteiger partial charge in [0.05, 0.1) is 33.0 Å². The van der Waals surface area contributed by atoms with Gasteiger partial charge in [-0.05, 0) is 38.7 Å². The van der Waals surface area contributed by atoms with Crippen molar-refractivity contribution in [3.63, 3.8) is 0 Å². The first-order valence-corrected chi connectivity index (χ1v) is 18.2. The molecule has 0 aromatic carbocycles. The van der Waals surface area contributed by atoms with Crippen LogP contribution in [-0.4, -0.2) is 57.3 Å². The fourth-order valence-corrected chi connectivity index (χ4v) is 8.85. The van der Waals surface area contributed by atoms with E-state index < -0.39 is 7.18 Å². The molecule has 0 aliphatic carbocycles. The second kappa shape index (κ2) is 19.5. The Labute approximate surface area is 246 Å². The van der Waals surface area contributed by atoms with Gasteiger partial charge in [0.1, 0.15) is 11.9 Å². The van der Waals surface area contributed by atoms with E-state index in [1.54, 1.807) is 6.08 Å². The Morgan fingerprint density at radius 2 is 1.32 bits per heavy atom. The summed E-state index contributed by atoms with van der Waals surface area (Å²) in [6.45, 7) is 25.4. The van der Waals surface area contributed by atoms with Crippen LogP contribution in [-0.2, 0) is 28.0 Å². The first-order valence-electron chi connectivity index (χ1n) is 14.7. The van der Waals surface area contributed by atoms with Gasteiger partial charge in [-0.25, -0.2) is 4.52 Å². The smallest absolute Gasteiger partial charge is 0.283 e. The third-order valence-corrected chi connectivity index (χ3v) is 12.8. The van der Waals surface area contributed by atoms with Crippen molar-refractivity contribution in [2.45, 2.75) is 99.6 Å². The zero-order chi connectivity index (χ0) is 30.1. The van der Waals surface area contributed by atoms with Crippen LogP contribution in [0.4, 0.5) is 0 Å². The average molecular weight is 604 g/mol. The van der Waals surface area contributed by atoms with Crippen LogP contribution in [0.2, 0.25) is 0 Å². The maximum Gasteiger partial charge on any atom is 0.283 e. The van der Waals surface area contributed by atoms with Crippen molar-refractivity contribution in [1.29, 1.82) is 0 Å². The normalized spacial score (nSPS) is 22.6. The second-order valence-electron chi connectivity index (χ2n) is 11.6. The monoisotopic (exact) mass is 603 g/mol. The van der Waals surface area contributed by atoms with Crippen molar-refractivity contribution in [3.05, 3.63) is 48.3 Å². The second-order valence-corrected chi connectivity index (χ2v) is 17.1. The molecule has 3 heterocycles. The molecule has 0 saturated carbocycles. The first-order chi connectivity index (χ1) is 19.0. The molecule has 2 unspecified atom stereocenters. The van der Waals surface area contributed by atoms with Gasteiger partial charge in [-0.15, -0.1) is 13.2 Å². The van der Waals surface area contributed by atoms with Gasteiger partial charge in [0.15, 0.2) is 12.6 Å². The molecule has 40 heavy (non-hydrogen) atoms. The molecule has 0 aromatic heterocycles. The lowest BCUT2D eigenvalue weighted by Gasteiger charge is -2.37. The van der Waals surface area contributed by atoms with Crippen molar-refractivity contribution in [2.24, 2.45) is 10.8 Å². The van der Waals surface area contributed by atoms with Gasteiger partial charge < -0.3 is 28.6 Å². The van der Waals surface area contributed by atoms with Gasteiger partial charge in [0.2, 0.25) is 8.50 Å². The Morgan fingerprint density at radius 3 is 1.68 bits per heavy atom. The molecule has 2 saturated heterocycles. The van der Waals surface area contributed by atoms with Crippen molar-refractivity contribution in [1.82, 2.24) is 0 Å². The Balaban J connectivity index is 0.000000686. The SMILES string of the molecule is C=CCCC.C=CCCC.CC1=CC=C(O)[P+]1(OCC(C)(C)C1OCCCO1)POCC(C)(C)C1OCCCO1. The summed E-state index contributed by atoms with van der Waals surface area (Å²) in [6, 6.07) is 0. The van der Waals surface area contributed by atoms with Crippen LogP contribution < -0.4 is 0 Å². The summed E-state index contributed by atoms with van der Waals surface area (Å²) in [5.41, 5.74) is -0.357. The van der Waals surface area contributed by atoms with E-state index in [1.165, 1.54) is 12.8 Å².